The number of carbonyl (C=O) groups is 1. The number of nitrogens with one attached hydrogen (secondary N) is 1. The van der Waals surface area contributed by atoms with Crippen LogP contribution in [0.4, 0.5) is 4.39 Å². The Hall–Kier alpha value is -2.69. The smallest absolute Gasteiger partial charge is 0.275 e. The van der Waals surface area contributed by atoms with Gasteiger partial charge in [0.25, 0.3) is 5.91 Å². The van der Waals surface area contributed by atoms with Crippen LogP contribution in [0.5, 0.6) is 0 Å². The minimum absolute atomic E-state index is 0.188. The molecule has 0 radical (unpaired) electrons. The van der Waals surface area contributed by atoms with Gasteiger partial charge in [0, 0.05) is 6.08 Å². The molecule has 1 aliphatic heterocycles. The Labute approximate surface area is 108 Å². The minimum atomic E-state index is -0.430. The molecular formula is C14H9FN2O2. The van der Waals surface area contributed by atoms with E-state index in [1.54, 1.807) is 30.3 Å². The molecule has 2 aromatic rings. The molecule has 0 spiro atoms. The lowest BCUT2D eigenvalue weighted by atomic mass is 10.2. The Morgan fingerprint density at radius 3 is 2.79 bits per heavy atom. The topological polar surface area (TPSA) is 54.6 Å². The highest BCUT2D eigenvalue weighted by molar-refractivity contribution is 6.19. The van der Waals surface area contributed by atoms with Gasteiger partial charge in [0.05, 0.1) is 11.8 Å². The van der Waals surface area contributed by atoms with Gasteiger partial charge in [-0.25, -0.2) is 9.38 Å². The number of furan rings is 1. The van der Waals surface area contributed by atoms with E-state index in [0.717, 1.165) is 0 Å². The zero-order valence-electron chi connectivity index (χ0n) is 9.76. The lowest BCUT2D eigenvalue weighted by Crippen LogP contribution is -2.25. The monoisotopic (exact) mass is 256 g/mol. The molecule has 1 amide bonds. The van der Waals surface area contributed by atoms with Crippen LogP contribution in [0.15, 0.2) is 57.8 Å². The van der Waals surface area contributed by atoms with Gasteiger partial charge in [-0.3, -0.25) is 4.79 Å². The van der Waals surface area contributed by atoms with Crippen molar-refractivity contribution < 1.29 is 13.6 Å². The molecular weight excluding hydrogens is 247 g/mol. The van der Waals surface area contributed by atoms with Gasteiger partial charge in [0.15, 0.2) is 0 Å². The van der Waals surface area contributed by atoms with Crippen molar-refractivity contribution in [2.45, 2.75) is 0 Å². The molecule has 94 valence electrons. The van der Waals surface area contributed by atoms with E-state index in [9.17, 15) is 9.18 Å². The molecule has 3 rings (SSSR count). The van der Waals surface area contributed by atoms with Gasteiger partial charge in [-0.15, -0.1) is 0 Å². The van der Waals surface area contributed by atoms with Crippen molar-refractivity contribution in [1.29, 1.82) is 0 Å². The van der Waals surface area contributed by atoms with Crippen molar-refractivity contribution in [2.75, 3.05) is 0 Å². The highest BCUT2D eigenvalue weighted by Gasteiger charge is 2.23. The third kappa shape index (κ3) is 2.18. The van der Waals surface area contributed by atoms with Crippen LogP contribution in [0, 0.1) is 5.82 Å². The summed E-state index contributed by atoms with van der Waals surface area (Å²) in [6.07, 6.45) is 3.00. The fourth-order valence-corrected chi connectivity index (χ4v) is 1.76. The first-order valence-corrected chi connectivity index (χ1v) is 5.64. The van der Waals surface area contributed by atoms with Crippen LogP contribution in [-0.2, 0) is 4.79 Å². The Bertz CT molecular complexity index is 687. The van der Waals surface area contributed by atoms with Crippen LogP contribution in [0.1, 0.15) is 11.3 Å². The van der Waals surface area contributed by atoms with E-state index >= 15 is 0 Å². The number of rotatable bonds is 2. The highest BCUT2D eigenvalue weighted by Crippen LogP contribution is 2.16. The summed E-state index contributed by atoms with van der Waals surface area (Å²) in [7, 11) is 0. The Balaban J connectivity index is 1.98. The number of benzene rings is 1. The van der Waals surface area contributed by atoms with Crippen LogP contribution in [0.2, 0.25) is 0 Å². The van der Waals surface area contributed by atoms with E-state index in [4.69, 9.17) is 4.42 Å². The fourth-order valence-electron chi connectivity index (χ4n) is 1.76. The Morgan fingerprint density at radius 1 is 1.21 bits per heavy atom. The first-order valence-electron chi connectivity index (χ1n) is 5.64. The molecule has 1 N–H and O–H groups in total. The first-order chi connectivity index (χ1) is 9.24. The molecule has 1 aliphatic rings. The average molecular weight is 256 g/mol. The van der Waals surface area contributed by atoms with Gasteiger partial charge < -0.3 is 9.73 Å². The van der Waals surface area contributed by atoms with Gasteiger partial charge in [0.2, 0.25) is 0 Å². The van der Waals surface area contributed by atoms with Gasteiger partial charge >= 0.3 is 0 Å². The summed E-state index contributed by atoms with van der Waals surface area (Å²) in [6.45, 7) is 0. The van der Waals surface area contributed by atoms with Gasteiger partial charge in [-0.1, -0.05) is 12.1 Å². The Morgan fingerprint density at radius 2 is 2.05 bits per heavy atom. The second-order valence-electron chi connectivity index (χ2n) is 3.94. The average Bonchev–Trinajstić information content (AvgIpc) is 3.02. The number of carbonyl (C=O) groups excluding carboxylic acids is 1. The highest BCUT2D eigenvalue weighted by atomic mass is 19.1. The molecule has 0 saturated carbocycles. The number of nitrogens with zero attached hydrogens (tertiary/aromatic N) is 1. The summed E-state index contributed by atoms with van der Waals surface area (Å²) in [5.41, 5.74) is 0.451. The molecule has 1 aromatic carbocycles. The van der Waals surface area contributed by atoms with Gasteiger partial charge in [-0.05, 0) is 24.3 Å². The second kappa shape index (κ2) is 4.53. The third-order valence-electron chi connectivity index (χ3n) is 2.65. The maximum absolute atomic E-state index is 13.6. The van der Waals surface area contributed by atoms with Crippen LogP contribution >= 0.6 is 0 Å². The molecule has 5 heteroatoms. The van der Waals surface area contributed by atoms with E-state index in [2.05, 4.69) is 10.3 Å². The van der Waals surface area contributed by atoms with E-state index < -0.39 is 5.82 Å². The quantitative estimate of drug-likeness (QED) is 0.838. The summed E-state index contributed by atoms with van der Waals surface area (Å²) >= 11 is 0. The standard InChI is InChI=1S/C14H9FN2O2/c15-11-6-2-1-5-10(11)13-16-12(14(18)17-13)8-9-4-3-7-19-9/h1-8H,(H,16,17,18)/b12-8+. The van der Waals surface area contributed by atoms with Crippen LogP contribution < -0.4 is 5.32 Å². The molecule has 0 unspecified atom stereocenters. The molecule has 4 nitrogen and oxygen atoms in total. The lowest BCUT2D eigenvalue weighted by Gasteiger charge is -2.00. The normalized spacial score (nSPS) is 16.6. The summed E-state index contributed by atoms with van der Waals surface area (Å²) in [5.74, 6) is -0.0833. The van der Waals surface area contributed by atoms with E-state index in [0.29, 0.717) is 5.76 Å². The number of aliphatic imine (C=N–C) groups is 1. The first kappa shape index (κ1) is 11.4. The maximum Gasteiger partial charge on any atom is 0.275 e. The van der Waals surface area contributed by atoms with E-state index in [-0.39, 0.29) is 23.0 Å². The summed E-state index contributed by atoms with van der Waals surface area (Å²) in [6, 6.07) is 9.55. The number of amides is 1. The zero-order chi connectivity index (χ0) is 13.2. The number of hydrogen-bond acceptors (Lipinski definition) is 3. The van der Waals surface area contributed by atoms with Crippen molar-refractivity contribution >= 4 is 17.8 Å². The number of hydrogen-bond donors (Lipinski definition) is 1. The van der Waals surface area contributed by atoms with Crippen LogP contribution in [0.25, 0.3) is 6.08 Å². The molecule has 0 aliphatic carbocycles. The lowest BCUT2D eigenvalue weighted by molar-refractivity contribution is -0.115. The SMILES string of the molecule is O=C1NC(c2ccccc2F)=N/C1=C/c1ccco1. The van der Waals surface area contributed by atoms with Crippen LogP contribution in [-0.4, -0.2) is 11.7 Å². The van der Waals surface area contributed by atoms with Gasteiger partial charge in [0.1, 0.15) is 23.1 Å². The number of halogens is 1. The van der Waals surface area contributed by atoms with Crippen molar-refractivity contribution in [3.8, 4) is 0 Å². The minimum Gasteiger partial charge on any atom is -0.465 e. The summed E-state index contributed by atoms with van der Waals surface area (Å²) in [5, 5.41) is 2.53. The molecule has 0 fully saturated rings. The third-order valence-corrected chi connectivity index (χ3v) is 2.65. The van der Waals surface area contributed by atoms with Crippen molar-refractivity contribution in [3.05, 3.63) is 65.5 Å². The second-order valence-corrected chi connectivity index (χ2v) is 3.94. The largest absolute Gasteiger partial charge is 0.465 e. The maximum atomic E-state index is 13.6. The van der Waals surface area contributed by atoms with E-state index in [1.807, 2.05) is 0 Å². The molecule has 19 heavy (non-hydrogen) atoms. The molecule has 0 bridgehead atoms. The molecule has 0 saturated heterocycles. The zero-order valence-corrected chi connectivity index (χ0v) is 9.76. The molecule has 1 aromatic heterocycles. The number of amidine groups is 1. The van der Waals surface area contributed by atoms with Crippen molar-refractivity contribution in [2.24, 2.45) is 4.99 Å². The van der Waals surface area contributed by atoms with E-state index in [1.165, 1.54) is 18.4 Å². The predicted octanol–water partition coefficient (Wildman–Crippen LogP) is 2.34. The predicted molar refractivity (Wildman–Crippen MR) is 67.8 cm³/mol. The summed E-state index contributed by atoms with van der Waals surface area (Å²) < 4.78 is 18.7. The van der Waals surface area contributed by atoms with Crippen LogP contribution in [0.3, 0.4) is 0 Å². The van der Waals surface area contributed by atoms with Gasteiger partial charge in [-0.2, -0.15) is 0 Å². The van der Waals surface area contributed by atoms with Crippen molar-refractivity contribution in [1.82, 2.24) is 5.32 Å². The summed E-state index contributed by atoms with van der Waals surface area (Å²) in [4.78, 5) is 15.8. The molecule has 0 atom stereocenters. The molecule has 2 heterocycles. The van der Waals surface area contributed by atoms with Crippen molar-refractivity contribution in [3.63, 3.8) is 0 Å². The Kier molecular flexibility index (Phi) is 2.72. The fraction of sp³-hybridized carbons (Fsp3) is 0.